The molecule has 1 rings (SSSR count). The Hall–Kier alpha value is -0.760. The lowest BCUT2D eigenvalue weighted by Gasteiger charge is -2.06. The summed E-state index contributed by atoms with van der Waals surface area (Å²) in [5.41, 5.74) is 0. The molecule has 1 heterocycles. The maximum absolute atomic E-state index is 11.2. The standard InChI is InChI=1S/C6H11N3O2S.H3O3P/c1-3-5(12(2,10)11)6-7-4-8-9-6;1-4(2)3/h4-5H,3H2,1-2H3,(H,7,8,9);4H,(H2,1,2,3). The first-order valence-corrected chi connectivity index (χ1v) is 7.51. The average Bonchev–Trinajstić information content (AvgIpc) is 2.54. The van der Waals surface area contributed by atoms with Crippen LogP contribution in [0.5, 0.6) is 0 Å². The van der Waals surface area contributed by atoms with Crippen molar-refractivity contribution in [3.8, 4) is 0 Å². The van der Waals surface area contributed by atoms with Crippen LogP contribution < -0.4 is 0 Å². The molecule has 0 saturated heterocycles. The van der Waals surface area contributed by atoms with E-state index in [0.717, 1.165) is 0 Å². The minimum absolute atomic E-state index is 0.347. The smallest absolute Gasteiger partial charge is 0.314 e. The molecule has 1 atom stereocenters. The maximum Gasteiger partial charge on any atom is 0.314 e. The molecule has 0 amide bonds. The van der Waals surface area contributed by atoms with Gasteiger partial charge in [-0.05, 0) is 6.42 Å². The summed E-state index contributed by atoms with van der Waals surface area (Å²) in [5.74, 6) is 0.347. The van der Waals surface area contributed by atoms with Crippen molar-refractivity contribution in [1.29, 1.82) is 0 Å². The summed E-state index contributed by atoms with van der Waals surface area (Å²) < 4.78 is 31.1. The predicted molar refractivity (Wildman–Crippen MR) is 57.7 cm³/mol. The van der Waals surface area contributed by atoms with Gasteiger partial charge in [-0.2, -0.15) is 5.10 Å². The Labute approximate surface area is 93.6 Å². The van der Waals surface area contributed by atoms with Crippen molar-refractivity contribution >= 4 is 18.1 Å². The van der Waals surface area contributed by atoms with Crippen LogP contribution in [0.3, 0.4) is 0 Å². The zero-order chi connectivity index (χ0) is 12.8. The number of aromatic amines is 1. The van der Waals surface area contributed by atoms with E-state index in [1.54, 1.807) is 6.92 Å². The van der Waals surface area contributed by atoms with Crippen molar-refractivity contribution in [1.82, 2.24) is 15.2 Å². The zero-order valence-corrected chi connectivity index (χ0v) is 10.6. The van der Waals surface area contributed by atoms with Gasteiger partial charge in [-0.15, -0.1) is 0 Å². The van der Waals surface area contributed by atoms with Crippen molar-refractivity contribution in [2.45, 2.75) is 18.6 Å². The third-order valence-electron chi connectivity index (χ3n) is 1.61. The van der Waals surface area contributed by atoms with Crippen LogP contribution in [0.25, 0.3) is 0 Å². The SMILES string of the molecule is CCC(c1nc[nH]n1)S(C)(=O)=O.O=[PH](O)O. The maximum atomic E-state index is 11.2. The topological polar surface area (TPSA) is 133 Å². The average molecular weight is 271 g/mol. The summed E-state index contributed by atoms with van der Waals surface area (Å²) in [6.45, 7) is 1.79. The first-order chi connectivity index (χ1) is 7.29. The van der Waals surface area contributed by atoms with E-state index in [1.165, 1.54) is 12.6 Å². The molecule has 0 aliphatic rings. The molecule has 0 saturated carbocycles. The van der Waals surface area contributed by atoms with E-state index < -0.39 is 23.3 Å². The molecule has 1 aromatic heterocycles. The lowest BCUT2D eigenvalue weighted by Crippen LogP contribution is -2.12. The third kappa shape index (κ3) is 5.96. The molecule has 1 aromatic rings. The van der Waals surface area contributed by atoms with Gasteiger partial charge < -0.3 is 9.79 Å². The Kier molecular flexibility index (Phi) is 6.42. The summed E-state index contributed by atoms with van der Waals surface area (Å²) in [6.07, 6.45) is 3.07. The molecule has 0 spiro atoms. The van der Waals surface area contributed by atoms with Crippen LogP contribution in [0.4, 0.5) is 0 Å². The fourth-order valence-corrected chi connectivity index (χ4v) is 2.15. The van der Waals surface area contributed by atoms with Gasteiger partial charge in [-0.25, -0.2) is 13.4 Å². The van der Waals surface area contributed by atoms with Gasteiger partial charge in [-0.3, -0.25) is 9.66 Å². The van der Waals surface area contributed by atoms with Gasteiger partial charge in [0.2, 0.25) is 0 Å². The highest BCUT2D eigenvalue weighted by Gasteiger charge is 2.23. The Balaban J connectivity index is 0.000000487. The highest BCUT2D eigenvalue weighted by atomic mass is 32.2. The Morgan fingerprint density at radius 3 is 2.31 bits per heavy atom. The first kappa shape index (κ1) is 15.2. The summed E-state index contributed by atoms with van der Waals surface area (Å²) in [7, 11) is -6.21. The van der Waals surface area contributed by atoms with E-state index in [2.05, 4.69) is 15.2 Å². The molecule has 10 heteroatoms. The normalized spacial score (nSPS) is 13.1. The number of nitrogens with one attached hydrogen (secondary N) is 1. The fourth-order valence-electron chi connectivity index (χ4n) is 1.05. The molecule has 94 valence electrons. The molecular formula is C6H14N3O5PS. The number of hydrogen-bond donors (Lipinski definition) is 3. The van der Waals surface area contributed by atoms with Crippen molar-refractivity contribution in [3.05, 3.63) is 12.2 Å². The monoisotopic (exact) mass is 271 g/mol. The summed E-state index contributed by atoms with van der Waals surface area (Å²) >= 11 is 0. The lowest BCUT2D eigenvalue weighted by molar-refractivity contribution is 0.405. The molecule has 0 aliphatic carbocycles. The van der Waals surface area contributed by atoms with Crippen molar-refractivity contribution in [2.75, 3.05) is 6.26 Å². The van der Waals surface area contributed by atoms with Crippen LogP contribution in [0.15, 0.2) is 6.33 Å². The van der Waals surface area contributed by atoms with Crippen LogP contribution >= 0.6 is 8.25 Å². The molecular weight excluding hydrogens is 257 g/mol. The minimum Gasteiger partial charge on any atom is -0.326 e. The summed E-state index contributed by atoms with van der Waals surface area (Å²) in [4.78, 5) is 18.1. The fraction of sp³-hybridized carbons (Fsp3) is 0.667. The first-order valence-electron chi connectivity index (χ1n) is 4.25. The summed E-state index contributed by atoms with van der Waals surface area (Å²) in [5, 5.41) is 5.65. The number of sulfone groups is 1. The number of rotatable bonds is 3. The van der Waals surface area contributed by atoms with E-state index in [9.17, 15) is 8.42 Å². The second kappa shape index (κ2) is 6.74. The Morgan fingerprint density at radius 2 is 2.06 bits per heavy atom. The molecule has 8 nitrogen and oxygen atoms in total. The van der Waals surface area contributed by atoms with Gasteiger partial charge in [0, 0.05) is 6.26 Å². The Bertz CT molecular complexity index is 413. The van der Waals surface area contributed by atoms with Crippen molar-refractivity contribution in [3.63, 3.8) is 0 Å². The van der Waals surface area contributed by atoms with Gasteiger partial charge in [0.25, 0.3) is 0 Å². The van der Waals surface area contributed by atoms with Crippen LogP contribution in [0.2, 0.25) is 0 Å². The second-order valence-electron chi connectivity index (χ2n) is 2.87. The van der Waals surface area contributed by atoms with E-state index in [1.807, 2.05) is 0 Å². The molecule has 0 aromatic carbocycles. The van der Waals surface area contributed by atoms with Crippen LogP contribution in [-0.2, 0) is 14.4 Å². The molecule has 16 heavy (non-hydrogen) atoms. The highest BCUT2D eigenvalue weighted by molar-refractivity contribution is 7.90. The molecule has 0 bridgehead atoms. The van der Waals surface area contributed by atoms with E-state index in [0.29, 0.717) is 12.2 Å². The van der Waals surface area contributed by atoms with Gasteiger partial charge in [0.05, 0.1) is 0 Å². The lowest BCUT2D eigenvalue weighted by atomic mass is 10.3. The molecule has 0 aliphatic heterocycles. The van der Waals surface area contributed by atoms with E-state index >= 15 is 0 Å². The van der Waals surface area contributed by atoms with Gasteiger partial charge in [0.15, 0.2) is 15.7 Å². The summed E-state index contributed by atoms with van der Waals surface area (Å²) in [6, 6.07) is 0. The number of hydrogen-bond acceptors (Lipinski definition) is 5. The van der Waals surface area contributed by atoms with Crippen LogP contribution in [0, 0.1) is 0 Å². The molecule has 0 fully saturated rings. The van der Waals surface area contributed by atoms with Gasteiger partial charge in [0.1, 0.15) is 11.6 Å². The second-order valence-corrected chi connectivity index (χ2v) is 5.66. The zero-order valence-electron chi connectivity index (χ0n) is 8.78. The number of nitrogens with zero attached hydrogens (tertiary/aromatic N) is 2. The molecule has 1 unspecified atom stereocenters. The third-order valence-corrected chi connectivity index (χ3v) is 3.19. The number of H-pyrrole nitrogens is 1. The van der Waals surface area contributed by atoms with Crippen LogP contribution in [-0.4, -0.2) is 39.6 Å². The number of aromatic nitrogens is 3. The Morgan fingerprint density at radius 1 is 1.56 bits per heavy atom. The quantitative estimate of drug-likeness (QED) is 0.640. The predicted octanol–water partition coefficient (Wildman–Crippen LogP) is -0.339. The minimum atomic E-state index is -3.13. The highest BCUT2D eigenvalue weighted by Crippen LogP contribution is 2.20. The van der Waals surface area contributed by atoms with E-state index in [-0.39, 0.29) is 0 Å². The molecule has 0 radical (unpaired) electrons. The molecule has 3 N–H and O–H groups in total. The van der Waals surface area contributed by atoms with Gasteiger partial charge in [-0.1, -0.05) is 6.92 Å². The van der Waals surface area contributed by atoms with Crippen LogP contribution in [0.1, 0.15) is 24.4 Å². The van der Waals surface area contributed by atoms with E-state index in [4.69, 9.17) is 14.4 Å². The van der Waals surface area contributed by atoms with Gasteiger partial charge >= 0.3 is 8.25 Å². The van der Waals surface area contributed by atoms with Crippen molar-refractivity contribution < 1.29 is 22.8 Å². The largest absolute Gasteiger partial charge is 0.326 e. The van der Waals surface area contributed by atoms with Crippen molar-refractivity contribution in [2.24, 2.45) is 0 Å².